The number of carbonyl (C=O) groups is 1. The van der Waals surface area contributed by atoms with Gasteiger partial charge in [0.15, 0.2) is 5.82 Å². The lowest BCUT2D eigenvalue weighted by molar-refractivity contribution is -0.115. The predicted octanol–water partition coefficient (Wildman–Crippen LogP) is 4.57. The maximum Gasteiger partial charge on any atom is 0.249 e. The number of halogens is 1. The number of hydrogen-bond donors (Lipinski definition) is 2. The van der Waals surface area contributed by atoms with E-state index in [1.165, 1.54) is 0 Å². The molecular formula is C20H15BrN4O. The summed E-state index contributed by atoms with van der Waals surface area (Å²) in [7, 11) is 0. The van der Waals surface area contributed by atoms with E-state index in [2.05, 4.69) is 36.4 Å². The number of nitrogens with zero attached hydrogens (tertiary/aromatic N) is 2. The average Bonchev–Trinajstić information content (AvgIpc) is 3.10. The average molecular weight is 407 g/mol. The van der Waals surface area contributed by atoms with Gasteiger partial charge in [-0.25, -0.2) is 0 Å². The van der Waals surface area contributed by atoms with Gasteiger partial charge in [0.1, 0.15) is 0 Å². The molecule has 5 nitrogen and oxygen atoms in total. The van der Waals surface area contributed by atoms with Crippen molar-refractivity contribution >= 4 is 38.6 Å². The molecular weight excluding hydrogens is 392 g/mol. The molecule has 1 aromatic heterocycles. The predicted molar refractivity (Wildman–Crippen MR) is 106 cm³/mol. The summed E-state index contributed by atoms with van der Waals surface area (Å²) >= 11 is 3.49. The van der Waals surface area contributed by atoms with E-state index in [4.69, 9.17) is 0 Å². The van der Waals surface area contributed by atoms with Gasteiger partial charge in [0.25, 0.3) is 0 Å². The van der Waals surface area contributed by atoms with Gasteiger partial charge in [0.2, 0.25) is 11.9 Å². The number of aromatic nitrogens is 3. The van der Waals surface area contributed by atoms with Crippen molar-refractivity contribution in [3.8, 4) is 11.4 Å². The van der Waals surface area contributed by atoms with Crippen molar-refractivity contribution in [2.45, 2.75) is 6.42 Å². The highest BCUT2D eigenvalue weighted by molar-refractivity contribution is 9.10. The van der Waals surface area contributed by atoms with Crippen LogP contribution in [-0.2, 0) is 11.2 Å². The van der Waals surface area contributed by atoms with Crippen molar-refractivity contribution in [3.63, 3.8) is 0 Å². The number of hydrogen-bond acceptors (Lipinski definition) is 3. The molecule has 0 aliphatic carbocycles. The van der Waals surface area contributed by atoms with Gasteiger partial charge in [-0.3, -0.25) is 15.2 Å². The van der Waals surface area contributed by atoms with Crippen LogP contribution in [0.4, 0.5) is 5.95 Å². The standard InChI is InChI=1S/C20H15BrN4O/c21-17-11-4-3-10-16(17)19-23-20(25-24-19)22-18(26)12-14-8-5-7-13-6-1-2-9-15(13)14/h1-11H,12H2,(H2,22,23,24,25,26). The van der Waals surface area contributed by atoms with Gasteiger partial charge in [-0.15, -0.1) is 5.10 Å². The number of fused-ring (bicyclic) bond motifs is 1. The van der Waals surface area contributed by atoms with Crippen LogP contribution in [0.25, 0.3) is 22.2 Å². The lowest BCUT2D eigenvalue weighted by Gasteiger charge is -2.06. The first-order valence-corrected chi connectivity index (χ1v) is 8.94. The summed E-state index contributed by atoms with van der Waals surface area (Å²) < 4.78 is 0.907. The molecule has 0 fully saturated rings. The first-order chi connectivity index (χ1) is 12.7. The number of nitrogens with one attached hydrogen (secondary N) is 2. The van der Waals surface area contributed by atoms with Crippen molar-refractivity contribution in [2.24, 2.45) is 0 Å². The molecule has 0 saturated heterocycles. The van der Waals surface area contributed by atoms with Gasteiger partial charge >= 0.3 is 0 Å². The number of aromatic amines is 1. The zero-order valence-electron chi connectivity index (χ0n) is 13.7. The van der Waals surface area contributed by atoms with E-state index < -0.39 is 0 Å². The van der Waals surface area contributed by atoms with Crippen molar-refractivity contribution < 1.29 is 4.79 Å². The number of anilines is 1. The van der Waals surface area contributed by atoms with Gasteiger partial charge in [-0.1, -0.05) is 76.6 Å². The second-order valence-electron chi connectivity index (χ2n) is 5.85. The third-order valence-corrected chi connectivity index (χ3v) is 4.79. The zero-order chi connectivity index (χ0) is 17.9. The summed E-state index contributed by atoms with van der Waals surface area (Å²) in [6.45, 7) is 0. The van der Waals surface area contributed by atoms with Crippen LogP contribution in [-0.4, -0.2) is 21.1 Å². The fourth-order valence-electron chi connectivity index (χ4n) is 2.88. The third kappa shape index (κ3) is 3.36. The van der Waals surface area contributed by atoms with Crippen LogP contribution < -0.4 is 5.32 Å². The highest BCUT2D eigenvalue weighted by atomic mass is 79.9. The topological polar surface area (TPSA) is 70.7 Å². The van der Waals surface area contributed by atoms with Gasteiger partial charge in [-0.2, -0.15) is 4.98 Å². The Morgan fingerprint density at radius 1 is 1.00 bits per heavy atom. The molecule has 0 aliphatic heterocycles. The van der Waals surface area contributed by atoms with Crippen LogP contribution in [0.3, 0.4) is 0 Å². The van der Waals surface area contributed by atoms with Crippen LogP contribution in [0.15, 0.2) is 71.2 Å². The van der Waals surface area contributed by atoms with E-state index in [0.29, 0.717) is 5.82 Å². The fraction of sp³-hybridized carbons (Fsp3) is 0.0500. The molecule has 1 heterocycles. The molecule has 3 aromatic carbocycles. The monoisotopic (exact) mass is 406 g/mol. The first-order valence-electron chi connectivity index (χ1n) is 8.14. The molecule has 0 spiro atoms. The van der Waals surface area contributed by atoms with E-state index in [0.717, 1.165) is 26.4 Å². The van der Waals surface area contributed by atoms with Crippen LogP contribution in [0.5, 0.6) is 0 Å². The Balaban J connectivity index is 1.51. The minimum atomic E-state index is -0.154. The molecule has 2 N–H and O–H groups in total. The fourth-order valence-corrected chi connectivity index (χ4v) is 3.35. The van der Waals surface area contributed by atoms with E-state index >= 15 is 0 Å². The quantitative estimate of drug-likeness (QED) is 0.521. The molecule has 26 heavy (non-hydrogen) atoms. The zero-order valence-corrected chi connectivity index (χ0v) is 15.3. The molecule has 128 valence electrons. The Labute approximate surface area is 158 Å². The number of benzene rings is 3. The van der Waals surface area contributed by atoms with E-state index in [1.807, 2.05) is 66.7 Å². The van der Waals surface area contributed by atoms with E-state index in [-0.39, 0.29) is 18.3 Å². The highest BCUT2D eigenvalue weighted by Crippen LogP contribution is 2.25. The Kier molecular flexibility index (Phi) is 4.50. The highest BCUT2D eigenvalue weighted by Gasteiger charge is 2.12. The second kappa shape index (κ2) is 7.09. The summed E-state index contributed by atoms with van der Waals surface area (Å²) in [6.07, 6.45) is 0.264. The maximum atomic E-state index is 12.4. The second-order valence-corrected chi connectivity index (χ2v) is 6.71. The number of amides is 1. The Morgan fingerprint density at radius 3 is 2.65 bits per heavy atom. The SMILES string of the molecule is O=C(Cc1cccc2ccccc12)Nc1n[nH]c(-c2ccccc2Br)n1. The molecule has 4 aromatic rings. The molecule has 4 rings (SSSR count). The van der Waals surface area contributed by atoms with Gasteiger partial charge in [-0.05, 0) is 22.4 Å². The van der Waals surface area contributed by atoms with Gasteiger partial charge in [0.05, 0.1) is 6.42 Å². The van der Waals surface area contributed by atoms with Crippen LogP contribution in [0, 0.1) is 0 Å². The number of carbonyl (C=O) groups excluding carboxylic acids is 1. The summed E-state index contributed by atoms with van der Waals surface area (Å²) in [5.74, 6) is 0.706. The molecule has 0 radical (unpaired) electrons. The Morgan fingerprint density at radius 2 is 1.77 bits per heavy atom. The summed E-state index contributed by atoms with van der Waals surface area (Å²) in [5.41, 5.74) is 1.86. The van der Waals surface area contributed by atoms with Crippen LogP contribution in [0.2, 0.25) is 0 Å². The minimum Gasteiger partial charge on any atom is -0.293 e. The van der Waals surface area contributed by atoms with Gasteiger partial charge in [0, 0.05) is 10.0 Å². The number of H-pyrrole nitrogens is 1. The van der Waals surface area contributed by atoms with Crippen molar-refractivity contribution in [1.82, 2.24) is 15.2 Å². The minimum absolute atomic E-state index is 0.154. The smallest absolute Gasteiger partial charge is 0.249 e. The molecule has 0 saturated carbocycles. The van der Waals surface area contributed by atoms with Crippen molar-refractivity contribution in [1.29, 1.82) is 0 Å². The maximum absolute atomic E-state index is 12.4. The Hall–Kier alpha value is -2.99. The summed E-state index contributed by atoms with van der Waals surface area (Å²) in [5, 5.41) is 11.9. The molecule has 1 amide bonds. The van der Waals surface area contributed by atoms with Crippen molar-refractivity contribution in [3.05, 3.63) is 76.8 Å². The molecule has 0 unspecified atom stereocenters. The molecule has 0 atom stereocenters. The van der Waals surface area contributed by atoms with Crippen LogP contribution >= 0.6 is 15.9 Å². The normalized spacial score (nSPS) is 10.8. The van der Waals surface area contributed by atoms with E-state index in [9.17, 15) is 4.79 Å². The first kappa shape index (κ1) is 16.5. The van der Waals surface area contributed by atoms with Gasteiger partial charge < -0.3 is 0 Å². The van der Waals surface area contributed by atoms with Crippen LogP contribution in [0.1, 0.15) is 5.56 Å². The van der Waals surface area contributed by atoms with E-state index in [1.54, 1.807) is 0 Å². The summed E-state index contributed by atoms with van der Waals surface area (Å²) in [4.78, 5) is 16.8. The lowest BCUT2D eigenvalue weighted by Crippen LogP contribution is -2.15. The molecule has 6 heteroatoms. The number of rotatable bonds is 4. The Bertz CT molecular complexity index is 1080. The largest absolute Gasteiger partial charge is 0.293 e. The third-order valence-electron chi connectivity index (χ3n) is 4.10. The molecule has 0 aliphatic rings. The van der Waals surface area contributed by atoms with Crippen molar-refractivity contribution in [2.75, 3.05) is 5.32 Å². The molecule has 0 bridgehead atoms. The lowest BCUT2D eigenvalue weighted by atomic mass is 10.0. The summed E-state index contributed by atoms with van der Waals surface area (Å²) in [6, 6.07) is 21.7.